The monoisotopic (exact) mass is 226 g/mol. The van der Waals surface area contributed by atoms with Gasteiger partial charge in [-0.15, -0.1) is 11.6 Å². The fourth-order valence-corrected chi connectivity index (χ4v) is 1.40. The van der Waals surface area contributed by atoms with Gasteiger partial charge in [0.15, 0.2) is 0 Å². The van der Waals surface area contributed by atoms with Gasteiger partial charge in [-0.3, -0.25) is 0 Å². The van der Waals surface area contributed by atoms with E-state index in [2.05, 4.69) is 4.98 Å². The van der Waals surface area contributed by atoms with Gasteiger partial charge in [0.1, 0.15) is 11.0 Å². The number of nitrogen functional groups attached to an aromatic ring is 1. The van der Waals surface area contributed by atoms with Crippen LogP contribution >= 0.6 is 23.2 Å². The quantitative estimate of drug-likeness (QED) is 0.622. The van der Waals surface area contributed by atoms with E-state index in [1.165, 1.54) is 6.07 Å². The van der Waals surface area contributed by atoms with Crippen LogP contribution in [0.3, 0.4) is 0 Å². The van der Waals surface area contributed by atoms with Crippen LogP contribution in [0.1, 0.15) is 17.6 Å². The molecule has 0 aliphatic carbocycles. The van der Waals surface area contributed by atoms with Gasteiger partial charge in [0.25, 0.3) is 6.43 Å². The maximum Gasteiger partial charge on any atom is 0.267 e. The van der Waals surface area contributed by atoms with Gasteiger partial charge in [0.05, 0.1) is 5.56 Å². The number of rotatable bonds is 2. The Bertz CT molecular complexity index is 318. The van der Waals surface area contributed by atoms with Crippen molar-refractivity contribution in [1.82, 2.24) is 4.98 Å². The Hall–Kier alpha value is -0.610. The Morgan fingerprint density at radius 2 is 2.15 bits per heavy atom. The van der Waals surface area contributed by atoms with E-state index < -0.39 is 6.43 Å². The molecule has 1 aromatic heterocycles. The molecule has 1 heterocycles. The van der Waals surface area contributed by atoms with Crippen LogP contribution in [-0.4, -0.2) is 4.98 Å². The molecule has 1 rings (SSSR count). The minimum absolute atomic E-state index is 0.0634. The summed E-state index contributed by atoms with van der Waals surface area (Å²) >= 11 is 11.0. The second-order valence-electron chi connectivity index (χ2n) is 2.34. The van der Waals surface area contributed by atoms with Crippen molar-refractivity contribution < 1.29 is 8.78 Å². The van der Waals surface area contributed by atoms with Crippen LogP contribution in [0, 0.1) is 0 Å². The van der Waals surface area contributed by atoms with E-state index in [1.807, 2.05) is 0 Å². The van der Waals surface area contributed by atoms with Gasteiger partial charge in [-0.2, -0.15) is 0 Å². The van der Waals surface area contributed by atoms with Gasteiger partial charge < -0.3 is 5.73 Å². The smallest absolute Gasteiger partial charge is 0.267 e. The van der Waals surface area contributed by atoms with Gasteiger partial charge in [0.2, 0.25) is 0 Å². The highest BCUT2D eigenvalue weighted by atomic mass is 35.5. The molecule has 0 saturated carbocycles. The molecule has 0 bridgehead atoms. The zero-order valence-corrected chi connectivity index (χ0v) is 7.91. The lowest BCUT2D eigenvalue weighted by atomic mass is 10.1. The Morgan fingerprint density at radius 3 is 2.62 bits per heavy atom. The topological polar surface area (TPSA) is 38.9 Å². The summed E-state index contributed by atoms with van der Waals surface area (Å²) < 4.78 is 24.8. The first-order chi connectivity index (χ1) is 6.06. The van der Waals surface area contributed by atoms with Crippen molar-refractivity contribution in [3.8, 4) is 0 Å². The number of nitrogens with zero attached hydrogens (tertiary/aromatic N) is 1. The Balaban J connectivity index is 3.30. The summed E-state index contributed by atoms with van der Waals surface area (Å²) in [4.78, 5) is 3.51. The van der Waals surface area contributed by atoms with E-state index >= 15 is 0 Å². The van der Waals surface area contributed by atoms with Gasteiger partial charge in [-0.05, 0) is 11.6 Å². The average molecular weight is 227 g/mol. The average Bonchev–Trinajstić information content (AvgIpc) is 2.01. The normalized spacial score (nSPS) is 10.8. The summed E-state index contributed by atoms with van der Waals surface area (Å²) in [6.45, 7) is 0. The number of halogens is 4. The Morgan fingerprint density at radius 1 is 1.54 bits per heavy atom. The summed E-state index contributed by atoms with van der Waals surface area (Å²) in [6.07, 6.45) is -2.68. The molecule has 6 heteroatoms. The number of nitrogens with two attached hydrogens (primary N) is 1. The molecule has 2 nitrogen and oxygen atoms in total. The van der Waals surface area contributed by atoms with Crippen LogP contribution < -0.4 is 5.73 Å². The lowest BCUT2D eigenvalue weighted by molar-refractivity contribution is 0.151. The van der Waals surface area contributed by atoms with Crippen molar-refractivity contribution in [2.75, 3.05) is 5.73 Å². The predicted molar refractivity (Wildman–Crippen MR) is 48.2 cm³/mol. The fourth-order valence-electron chi connectivity index (χ4n) is 0.956. The maximum absolute atomic E-state index is 12.4. The zero-order valence-electron chi connectivity index (χ0n) is 6.40. The number of aromatic nitrogens is 1. The molecule has 0 fully saturated rings. The van der Waals surface area contributed by atoms with Gasteiger partial charge in [-0.1, -0.05) is 11.6 Å². The summed E-state index contributed by atoms with van der Waals surface area (Å²) in [6, 6.07) is 1.28. The molecule has 0 aromatic carbocycles. The molecular formula is C7H6Cl2F2N2. The number of pyridine rings is 1. The number of hydrogen-bond acceptors (Lipinski definition) is 2. The predicted octanol–water partition coefficient (Wildman–Crippen LogP) is 2.99. The third kappa shape index (κ3) is 2.19. The molecule has 0 atom stereocenters. The lowest BCUT2D eigenvalue weighted by Gasteiger charge is -2.08. The maximum atomic E-state index is 12.4. The highest BCUT2D eigenvalue weighted by molar-refractivity contribution is 6.29. The van der Waals surface area contributed by atoms with Crippen molar-refractivity contribution >= 4 is 29.0 Å². The highest BCUT2D eigenvalue weighted by Crippen LogP contribution is 2.30. The van der Waals surface area contributed by atoms with Crippen LogP contribution in [0.2, 0.25) is 5.15 Å². The van der Waals surface area contributed by atoms with Crippen molar-refractivity contribution in [2.45, 2.75) is 12.3 Å². The van der Waals surface area contributed by atoms with E-state index in [1.54, 1.807) is 0 Å². The first-order valence-electron chi connectivity index (χ1n) is 3.35. The minimum Gasteiger partial charge on any atom is -0.383 e. The van der Waals surface area contributed by atoms with Crippen LogP contribution in [0.5, 0.6) is 0 Å². The third-order valence-corrected chi connectivity index (χ3v) is 1.99. The highest BCUT2D eigenvalue weighted by Gasteiger charge is 2.17. The molecule has 2 N–H and O–H groups in total. The molecule has 0 spiro atoms. The van der Waals surface area contributed by atoms with Crippen LogP contribution in [0.15, 0.2) is 6.07 Å². The molecule has 0 unspecified atom stereocenters. The van der Waals surface area contributed by atoms with Crippen LogP contribution in [0.4, 0.5) is 14.6 Å². The molecule has 0 saturated heterocycles. The van der Waals surface area contributed by atoms with E-state index in [4.69, 9.17) is 28.9 Å². The van der Waals surface area contributed by atoms with Crippen molar-refractivity contribution in [1.29, 1.82) is 0 Å². The summed E-state index contributed by atoms with van der Waals surface area (Å²) in [5, 5.41) is 0.0672. The van der Waals surface area contributed by atoms with Crippen molar-refractivity contribution in [3.05, 3.63) is 22.3 Å². The van der Waals surface area contributed by atoms with E-state index in [0.717, 1.165) is 0 Å². The Kier molecular flexibility index (Phi) is 3.27. The molecule has 13 heavy (non-hydrogen) atoms. The van der Waals surface area contributed by atoms with E-state index in [0.29, 0.717) is 0 Å². The standard InChI is InChI=1S/C7H6Cl2F2N2/c8-2-3-1-4(9)13-7(12)5(3)6(10)11/h1,6H,2H2,(H2,12,13). The number of anilines is 1. The van der Waals surface area contributed by atoms with Crippen molar-refractivity contribution in [2.24, 2.45) is 0 Å². The third-order valence-electron chi connectivity index (χ3n) is 1.50. The van der Waals surface area contributed by atoms with E-state index in [-0.39, 0.29) is 28.0 Å². The second kappa shape index (κ2) is 4.07. The van der Waals surface area contributed by atoms with Gasteiger partial charge in [0, 0.05) is 5.88 Å². The summed E-state index contributed by atoms with van der Waals surface area (Å²) in [5.41, 5.74) is 5.15. The minimum atomic E-state index is -2.68. The SMILES string of the molecule is Nc1nc(Cl)cc(CCl)c1C(F)F. The zero-order chi connectivity index (χ0) is 10.0. The van der Waals surface area contributed by atoms with Crippen LogP contribution in [-0.2, 0) is 5.88 Å². The van der Waals surface area contributed by atoms with Crippen molar-refractivity contribution in [3.63, 3.8) is 0 Å². The molecular weight excluding hydrogens is 221 g/mol. The fraction of sp³-hybridized carbons (Fsp3) is 0.286. The largest absolute Gasteiger partial charge is 0.383 e. The molecule has 1 aromatic rings. The first kappa shape index (κ1) is 10.5. The second-order valence-corrected chi connectivity index (χ2v) is 2.99. The lowest BCUT2D eigenvalue weighted by Crippen LogP contribution is -2.02. The number of hydrogen-bond donors (Lipinski definition) is 1. The first-order valence-corrected chi connectivity index (χ1v) is 4.26. The molecule has 0 radical (unpaired) electrons. The van der Waals surface area contributed by atoms with Gasteiger partial charge in [-0.25, -0.2) is 13.8 Å². The van der Waals surface area contributed by atoms with E-state index in [9.17, 15) is 8.78 Å². The number of alkyl halides is 3. The molecule has 0 amide bonds. The molecule has 0 aliphatic rings. The summed E-state index contributed by atoms with van der Waals surface area (Å²) in [5.74, 6) is -0.329. The van der Waals surface area contributed by atoms with Gasteiger partial charge >= 0.3 is 0 Å². The molecule has 0 aliphatic heterocycles. The summed E-state index contributed by atoms with van der Waals surface area (Å²) in [7, 11) is 0. The Labute approximate surface area is 83.7 Å². The molecule has 72 valence electrons. The van der Waals surface area contributed by atoms with Crippen LogP contribution in [0.25, 0.3) is 0 Å².